The molecule has 0 aliphatic carbocycles. The van der Waals surface area contributed by atoms with Crippen LogP contribution in [-0.4, -0.2) is 18.2 Å². The number of ether oxygens (including phenoxy) is 1. The first-order valence-electron chi connectivity index (χ1n) is 5.96. The van der Waals surface area contributed by atoms with E-state index in [1.54, 1.807) is 0 Å². The maximum atomic E-state index is 11.6. The van der Waals surface area contributed by atoms with Gasteiger partial charge in [-0.3, -0.25) is 9.88 Å². The summed E-state index contributed by atoms with van der Waals surface area (Å²) in [7, 11) is 2.40. The van der Waals surface area contributed by atoms with Gasteiger partial charge < -0.3 is 10.1 Å². The van der Waals surface area contributed by atoms with E-state index in [1.165, 1.54) is 0 Å². The van der Waals surface area contributed by atoms with Gasteiger partial charge in [0.15, 0.2) is 0 Å². The van der Waals surface area contributed by atoms with E-state index in [0.29, 0.717) is 19.6 Å². The molecule has 0 saturated heterocycles. The SMILES string of the molecule is CC(C)(NP)OCCC(=O)NCc1ccccc1. The molecule has 0 fully saturated rings. The van der Waals surface area contributed by atoms with Crippen LogP contribution in [0.1, 0.15) is 25.8 Å². The number of carbonyl (C=O) groups is 1. The number of nitrogens with one attached hydrogen (secondary N) is 2. The molecule has 1 amide bonds. The Hall–Kier alpha value is -0.960. The molecule has 0 bridgehead atoms. The van der Waals surface area contributed by atoms with Crippen LogP contribution < -0.4 is 10.4 Å². The van der Waals surface area contributed by atoms with Crippen LogP contribution in [0.25, 0.3) is 0 Å². The minimum Gasteiger partial charge on any atom is -0.360 e. The molecule has 1 rings (SSSR count). The number of hydrogen-bond acceptors (Lipinski definition) is 3. The average molecular weight is 268 g/mol. The summed E-state index contributed by atoms with van der Waals surface area (Å²) in [5.74, 6) is -0.00147. The van der Waals surface area contributed by atoms with Gasteiger partial charge in [0.1, 0.15) is 5.72 Å². The second-order valence-corrected chi connectivity index (χ2v) is 4.80. The fraction of sp³-hybridized carbons (Fsp3) is 0.462. The van der Waals surface area contributed by atoms with E-state index in [2.05, 4.69) is 19.8 Å². The van der Waals surface area contributed by atoms with E-state index in [1.807, 2.05) is 44.2 Å². The lowest BCUT2D eigenvalue weighted by Crippen LogP contribution is -2.36. The van der Waals surface area contributed by atoms with Crippen molar-refractivity contribution >= 4 is 15.3 Å². The largest absolute Gasteiger partial charge is 0.360 e. The van der Waals surface area contributed by atoms with Gasteiger partial charge in [-0.1, -0.05) is 39.7 Å². The Balaban J connectivity index is 2.19. The summed E-state index contributed by atoms with van der Waals surface area (Å²) in [5, 5.41) is 5.79. The smallest absolute Gasteiger partial charge is 0.222 e. The number of hydrogen-bond donors (Lipinski definition) is 2. The lowest BCUT2D eigenvalue weighted by atomic mass is 10.2. The predicted octanol–water partition coefficient (Wildman–Crippen LogP) is 1.83. The first-order chi connectivity index (χ1) is 8.53. The summed E-state index contributed by atoms with van der Waals surface area (Å²) in [6, 6.07) is 9.84. The van der Waals surface area contributed by atoms with E-state index < -0.39 is 5.72 Å². The molecule has 100 valence electrons. The van der Waals surface area contributed by atoms with Crippen LogP contribution in [0.5, 0.6) is 0 Å². The minimum atomic E-state index is -0.426. The number of amides is 1. The normalized spacial score (nSPS) is 11.3. The first kappa shape index (κ1) is 15.1. The van der Waals surface area contributed by atoms with Gasteiger partial charge in [-0.2, -0.15) is 0 Å². The summed E-state index contributed by atoms with van der Waals surface area (Å²) in [5.41, 5.74) is 0.670. The second-order valence-electron chi connectivity index (χ2n) is 4.52. The van der Waals surface area contributed by atoms with Crippen LogP contribution in [0.15, 0.2) is 30.3 Å². The van der Waals surface area contributed by atoms with Crippen molar-refractivity contribution in [2.24, 2.45) is 0 Å². The summed E-state index contributed by atoms with van der Waals surface area (Å²) < 4.78 is 5.51. The van der Waals surface area contributed by atoms with Gasteiger partial charge in [-0.25, -0.2) is 0 Å². The zero-order valence-electron chi connectivity index (χ0n) is 10.9. The molecule has 0 heterocycles. The molecule has 0 aromatic heterocycles. The van der Waals surface area contributed by atoms with Gasteiger partial charge in [0.25, 0.3) is 0 Å². The van der Waals surface area contributed by atoms with Gasteiger partial charge in [0.05, 0.1) is 13.0 Å². The third-order valence-corrected chi connectivity index (χ3v) is 3.17. The Morgan fingerprint density at radius 2 is 2.00 bits per heavy atom. The van der Waals surface area contributed by atoms with E-state index >= 15 is 0 Å². The highest BCUT2D eigenvalue weighted by Gasteiger charge is 2.15. The molecule has 0 aliphatic rings. The number of carbonyl (C=O) groups excluding carboxylic acids is 1. The number of rotatable bonds is 7. The topological polar surface area (TPSA) is 50.4 Å². The van der Waals surface area contributed by atoms with Crippen molar-refractivity contribution < 1.29 is 9.53 Å². The molecular formula is C13H21N2O2P. The maximum absolute atomic E-state index is 11.6. The van der Waals surface area contributed by atoms with Crippen molar-refractivity contribution in [2.75, 3.05) is 6.61 Å². The van der Waals surface area contributed by atoms with Crippen molar-refractivity contribution in [1.29, 1.82) is 0 Å². The Kier molecular flexibility index (Phi) is 6.27. The van der Waals surface area contributed by atoms with Crippen LogP contribution in [-0.2, 0) is 16.1 Å². The van der Waals surface area contributed by atoms with Crippen LogP contribution in [0, 0.1) is 0 Å². The minimum absolute atomic E-state index is 0.00147. The van der Waals surface area contributed by atoms with Crippen molar-refractivity contribution in [3.8, 4) is 0 Å². The molecule has 2 N–H and O–H groups in total. The summed E-state index contributed by atoms with van der Waals surface area (Å²) >= 11 is 0. The zero-order valence-corrected chi connectivity index (χ0v) is 12.1. The molecule has 4 nitrogen and oxygen atoms in total. The number of benzene rings is 1. The molecular weight excluding hydrogens is 247 g/mol. The molecule has 5 heteroatoms. The van der Waals surface area contributed by atoms with Gasteiger partial charge >= 0.3 is 0 Å². The Bertz CT molecular complexity index is 369. The standard InChI is InChI=1S/C13H21N2O2P/c1-13(2,15-18)17-9-8-12(16)14-10-11-6-4-3-5-7-11/h3-7,15H,8-10,18H2,1-2H3,(H,14,16). The van der Waals surface area contributed by atoms with Gasteiger partial charge in [0.2, 0.25) is 5.91 Å². The van der Waals surface area contributed by atoms with E-state index in [0.717, 1.165) is 5.56 Å². The predicted molar refractivity (Wildman–Crippen MR) is 75.8 cm³/mol. The average Bonchev–Trinajstić information content (AvgIpc) is 2.37. The van der Waals surface area contributed by atoms with Crippen molar-refractivity contribution in [3.05, 3.63) is 35.9 Å². The second kappa shape index (κ2) is 7.47. The van der Waals surface area contributed by atoms with Gasteiger partial charge in [-0.15, -0.1) is 0 Å². The summed E-state index contributed by atoms with van der Waals surface area (Å²) in [4.78, 5) is 11.6. The lowest BCUT2D eigenvalue weighted by molar-refractivity contribution is -0.123. The van der Waals surface area contributed by atoms with Crippen LogP contribution in [0.3, 0.4) is 0 Å². The fourth-order valence-electron chi connectivity index (χ4n) is 1.33. The molecule has 0 saturated carbocycles. The first-order valence-corrected chi connectivity index (χ1v) is 6.53. The molecule has 0 radical (unpaired) electrons. The third kappa shape index (κ3) is 6.10. The summed E-state index contributed by atoms with van der Waals surface area (Å²) in [6.45, 7) is 4.77. The summed E-state index contributed by atoms with van der Waals surface area (Å²) in [6.07, 6.45) is 0.364. The van der Waals surface area contributed by atoms with Gasteiger partial charge in [0, 0.05) is 6.54 Å². The van der Waals surface area contributed by atoms with E-state index in [9.17, 15) is 4.79 Å². The Labute approximate surface area is 111 Å². The molecule has 1 aromatic carbocycles. The van der Waals surface area contributed by atoms with Crippen LogP contribution in [0.4, 0.5) is 0 Å². The molecule has 1 aromatic rings. The van der Waals surface area contributed by atoms with Crippen LogP contribution >= 0.6 is 9.39 Å². The van der Waals surface area contributed by atoms with E-state index in [-0.39, 0.29) is 5.91 Å². The maximum Gasteiger partial charge on any atom is 0.222 e. The van der Waals surface area contributed by atoms with Crippen molar-refractivity contribution in [1.82, 2.24) is 10.4 Å². The quantitative estimate of drug-likeness (QED) is 0.586. The lowest BCUT2D eigenvalue weighted by Gasteiger charge is -2.24. The fourth-order valence-corrected chi connectivity index (χ4v) is 1.41. The molecule has 0 aliphatic heterocycles. The highest BCUT2D eigenvalue weighted by Crippen LogP contribution is 2.06. The van der Waals surface area contributed by atoms with Crippen molar-refractivity contribution in [3.63, 3.8) is 0 Å². The molecule has 0 spiro atoms. The highest BCUT2D eigenvalue weighted by molar-refractivity contribution is 7.13. The van der Waals surface area contributed by atoms with Crippen molar-refractivity contribution in [2.45, 2.75) is 32.5 Å². The third-order valence-electron chi connectivity index (χ3n) is 2.47. The Morgan fingerprint density at radius 1 is 1.33 bits per heavy atom. The molecule has 1 unspecified atom stereocenters. The monoisotopic (exact) mass is 268 g/mol. The Morgan fingerprint density at radius 3 is 2.61 bits per heavy atom. The van der Waals surface area contributed by atoms with E-state index in [4.69, 9.17) is 4.74 Å². The van der Waals surface area contributed by atoms with Crippen LogP contribution in [0.2, 0.25) is 0 Å². The molecule has 1 atom stereocenters. The highest BCUT2D eigenvalue weighted by atomic mass is 31.0. The zero-order chi connectivity index (χ0) is 13.4. The molecule has 18 heavy (non-hydrogen) atoms. The van der Waals surface area contributed by atoms with Gasteiger partial charge in [-0.05, 0) is 19.4 Å².